The highest BCUT2D eigenvalue weighted by molar-refractivity contribution is 5.33. The van der Waals surface area contributed by atoms with E-state index in [0.29, 0.717) is 11.5 Å². The van der Waals surface area contributed by atoms with Crippen LogP contribution in [0, 0.1) is 0 Å². The van der Waals surface area contributed by atoms with Crippen LogP contribution in [0.1, 0.15) is 0 Å². The minimum Gasteiger partial charge on any atom is -0.491 e. The number of nitrogens with zero attached hydrogens (tertiary/aromatic N) is 2. The van der Waals surface area contributed by atoms with E-state index < -0.39 is 0 Å². The molecular weight excluding hydrogens is 132 g/mol. The van der Waals surface area contributed by atoms with Gasteiger partial charge in [-0.25, -0.2) is 0 Å². The summed E-state index contributed by atoms with van der Waals surface area (Å²) in [6.07, 6.45) is 3.00. The molecule has 0 saturated carbocycles. The molecule has 54 valence electrons. The summed E-state index contributed by atoms with van der Waals surface area (Å²) in [5.41, 5.74) is 0. The molecule has 1 aromatic heterocycles. The molecule has 1 aromatic rings. The summed E-state index contributed by atoms with van der Waals surface area (Å²) >= 11 is 0. The molecule has 0 aliphatic heterocycles. The van der Waals surface area contributed by atoms with E-state index in [-0.39, 0.29) is 0 Å². The monoisotopic (exact) mass is 140 g/mol. The Bertz CT molecular complexity index is 192. The maximum atomic E-state index is 4.91. The highest BCUT2D eigenvalue weighted by Gasteiger charge is 1.99. The number of hydrogen-bond acceptors (Lipinski definition) is 4. The average Bonchev–Trinajstić information content (AvgIpc) is 2.04. The van der Waals surface area contributed by atoms with Crippen LogP contribution in [0.25, 0.3) is 0 Å². The number of hydrogen-bond donors (Lipinski definition) is 0. The molecule has 0 fully saturated rings. The Morgan fingerprint density at radius 2 is 1.40 bits per heavy atom. The Morgan fingerprint density at radius 3 is 1.70 bits per heavy atom. The van der Waals surface area contributed by atoms with Crippen LogP contribution in [-0.4, -0.2) is 24.4 Å². The van der Waals surface area contributed by atoms with Gasteiger partial charge in [-0.15, -0.1) is 0 Å². The molecule has 0 radical (unpaired) electrons. The van der Waals surface area contributed by atoms with Gasteiger partial charge in [0.25, 0.3) is 0 Å². The lowest BCUT2D eigenvalue weighted by molar-refractivity contribution is 0.350. The molecular formula is C6H8N2O2. The van der Waals surface area contributed by atoms with Gasteiger partial charge in [0.15, 0.2) is 11.5 Å². The Kier molecular flexibility index (Phi) is 2.04. The van der Waals surface area contributed by atoms with Crippen LogP contribution >= 0.6 is 0 Å². The van der Waals surface area contributed by atoms with Crippen molar-refractivity contribution in [1.29, 1.82) is 0 Å². The van der Waals surface area contributed by atoms with E-state index in [9.17, 15) is 0 Å². The average molecular weight is 140 g/mol. The first-order valence-corrected chi connectivity index (χ1v) is 2.77. The molecule has 0 amide bonds. The highest BCUT2D eigenvalue weighted by atomic mass is 16.5. The fraction of sp³-hybridized carbons (Fsp3) is 0.333. The molecule has 4 heteroatoms. The number of methoxy groups -OCH3 is 2. The van der Waals surface area contributed by atoms with Gasteiger partial charge < -0.3 is 9.47 Å². The predicted molar refractivity (Wildman–Crippen MR) is 35.1 cm³/mol. The lowest BCUT2D eigenvalue weighted by Gasteiger charge is -2.02. The Hall–Kier alpha value is -1.32. The van der Waals surface area contributed by atoms with Crippen molar-refractivity contribution in [3.8, 4) is 11.5 Å². The molecule has 0 N–H and O–H groups in total. The van der Waals surface area contributed by atoms with Gasteiger partial charge in [-0.2, -0.15) is 10.2 Å². The van der Waals surface area contributed by atoms with Gasteiger partial charge in [-0.05, 0) is 0 Å². The van der Waals surface area contributed by atoms with Gasteiger partial charge in [0, 0.05) is 0 Å². The summed E-state index contributed by atoms with van der Waals surface area (Å²) in [4.78, 5) is 0. The molecule has 1 heterocycles. The van der Waals surface area contributed by atoms with Crippen molar-refractivity contribution in [2.24, 2.45) is 0 Å². The number of rotatable bonds is 2. The number of aromatic nitrogens is 2. The zero-order valence-corrected chi connectivity index (χ0v) is 5.87. The van der Waals surface area contributed by atoms with Crippen molar-refractivity contribution in [3.05, 3.63) is 12.4 Å². The number of ether oxygens (including phenoxy) is 2. The van der Waals surface area contributed by atoms with E-state index in [0.717, 1.165) is 0 Å². The van der Waals surface area contributed by atoms with Crippen molar-refractivity contribution in [2.45, 2.75) is 0 Å². The molecule has 0 aromatic carbocycles. The summed E-state index contributed by atoms with van der Waals surface area (Å²) < 4.78 is 9.82. The van der Waals surface area contributed by atoms with E-state index in [4.69, 9.17) is 9.47 Å². The highest BCUT2D eigenvalue weighted by Crippen LogP contribution is 2.22. The molecule has 4 nitrogen and oxygen atoms in total. The second-order valence-electron chi connectivity index (χ2n) is 1.63. The van der Waals surface area contributed by atoms with Gasteiger partial charge in [-0.1, -0.05) is 0 Å². The maximum Gasteiger partial charge on any atom is 0.182 e. The normalized spacial score (nSPS) is 9.00. The van der Waals surface area contributed by atoms with Gasteiger partial charge in [0.1, 0.15) is 0 Å². The molecule has 0 aliphatic rings. The van der Waals surface area contributed by atoms with Gasteiger partial charge in [0.2, 0.25) is 0 Å². The van der Waals surface area contributed by atoms with Crippen LogP contribution in [0.4, 0.5) is 0 Å². The quantitative estimate of drug-likeness (QED) is 0.599. The van der Waals surface area contributed by atoms with Crippen LogP contribution in [0.2, 0.25) is 0 Å². The van der Waals surface area contributed by atoms with Crippen LogP contribution in [-0.2, 0) is 0 Å². The summed E-state index contributed by atoms with van der Waals surface area (Å²) in [5, 5.41) is 7.22. The van der Waals surface area contributed by atoms with Crippen molar-refractivity contribution in [2.75, 3.05) is 14.2 Å². The van der Waals surface area contributed by atoms with Crippen molar-refractivity contribution in [1.82, 2.24) is 10.2 Å². The molecule has 0 atom stereocenters. The van der Waals surface area contributed by atoms with E-state index in [1.807, 2.05) is 0 Å². The van der Waals surface area contributed by atoms with Gasteiger partial charge in [-0.3, -0.25) is 0 Å². The Balaban J connectivity index is 2.96. The topological polar surface area (TPSA) is 44.2 Å². The van der Waals surface area contributed by atoms with E-state index in [1.54, 1.807) is 14.2 Å². The van der Waals surface area contributed by atoms with E-state index in [1.165, 1.54) is 12.4 Å². The van der Waals surface area contributed by atoms with Gasteiger partial charge >= 0.3 is 0 Å². The fourth-order valence-corrected chi connectivity index (χ4v) is 0.605. The first-order chi connectivity index (χ1) is 4.88. The zero-order valence-electron chi connectivity index (χ0n) is 5.87. The van der Waals surface area contributed by atoms with Crippen LogP contribution < -0.4 is 9.47 Å². The third-order valence-electron chi connectivity index (χ3n) is 1.10. The minimum atomic E-state index is 0.595. The maximum absolute atomic E-state index is 4.91. The van der Waals surface area contributed by atoms with Crippen LogP contribution in [0.3, 0.4) is 0 Å². The Morgan fingerprint density at radius 1 is 1.00 bits per heavy atom. The first kappa shape index (κ1) is 6.80. The first-order valence-electron chi connectivity index (χ1n) is 2.77. The summed E-state index contributed by atoms with van der Waals surface area (Å²) in [6, 6.07) is 0. The lowest BCUT2D eigenvalue weighted by atomic mass is 10.5. The second-order valence-corrected chi connectivity index (χ2v) is 1.63. The molecule has 0 saturated heterocycles. The summed E-state index contributed by atoms with van der Waals surface area (Å²) in [7, 11) is 3.11. The van der Waals surface area contributed by atoms with Gasteiger partial charge in [0.05, 0.1) is 26.6 Å². The third kappa shape index (κ3) is 1.15. The van der Waals surface area contributed by atoms with Crippen molar-refractivity contribution >= 4 is 0 Å². The largest absolute Gasteiger partial charge is 0.491 e. The predicted octanol–water partition coefficient (Wildman–Crippen LogP) is 0.494. The summed E-state index contributed by atoms with van der Waals surface area (Å²) in [6.45, 7) is 0. The molecule has 1 rings (SSSR count). The van der Waals surface area contributed by atoms with Crippen LogP contribution in [0.5, 0.6) is 11.5 Å². The molecule has 10 heavy (non-hydrogen) atoms. The van der Waals surface area contributed by atoms with Crippen LogP contribution in [0.15, 0.2) is 12.4 Å². The third-order valence-corrected chi connectivity index (χ3v) is 1.10. The molecule has 0 spiro atoms. The SMILES string of the molecule is COc1cnncc1OC. The van der Waals surface area contributed by atoms with Crippen molar-refractivity contribution in [3.63, 3.8) is 0 Å². The zero-order chi connectivity index (χ0) is 7.40. The van der Waals surface area contributed by atoms with E-state index in [2.05, 4.69) is 10.2 Å². The minimum absolute atomic E-state index is 0.595. The van der Waals surface area contributed by atoms with E-state index >= 15 is 0 Å². The summed E-state index contributed by atoms with van der Waals surface area (Å²) in [5.74, 6) is 1.19. The standard InChI is InChI=1S/C6H8N2O2/c1-9-5-3-7-8-4-6(5)10-2/h3-4H,1-2H3. The smallest absolute Gasteiger partial charge is 0.182 e. The fourth-order valence-electron chi connectivity index (χ4n) is 0.605. The van der Waals surface area contributed by atoms with Crippen molar-refractivity contribution < 1.29 is 9.47 Å². The lowest BCUT2D eigenvalue weighted by Crippen LogP contribution is -1.92. The second kappa shape index (κ2) is 3.00. The molecule has 0 bridgehead atoms. The Labute approximate surface area is 58.8 Å². The molecule has 0 aliphatic carbocycles. The molecule has 0 unspecified atom stereocenters.